The summed E-state index contributed by atoms with van der Waals surface area (Å²) in [7, 11) is 0. The lowest BCUT2D eigenvalue weighted by Gasteiger charge is -2.25. The first-order chi connectivity index (χ1) is 24.3. The van der Waals surface area contributed by atoms with Crippen molar-refractivity contribution in [2.75, 3.05) is 13.2 Å². The number of carbonyl (C=O) groups excluding carboxylic acids is 8. The fourth-order valence-corrected chi connectivity index (χ4v) is 4.59. The van der Waals surface area contributed by atoms with E-state index in [1.54, 1.807) is 30.3 Å². The highest BCUT2D eigenvalue weighted by atomic mass is 16.4. The predicted molar refractivity (Wildman–Crippen MR) is 183 cm³/mol. The topological polar surface area (TPSA) is 344 Å². The summed E-state index contributed by atoms with van der Waals surface area (Å²) in [5, 5.41) is 33.1. The van der Waals surface area contributed by atoms with Crippen LogP contribution in [0.5, 0.6) is 0 Å². The van der Waals surface area contributed by atoms with Crippen LogP contribution >= 0.6 is 0 Å². The largest absolute Gasteiger partial charge is 0.480 e. The first-order valence-electron chi connectivity index (χ1n) is 16.3. The molecule has 20 nitrogen and oxygen atoms in total. The highest BCUT2D eigenvalue weighted by Gasteiger charge is 2.32. The lowest BCUT2D eigenvalue weighted by atomic mass is 10.0. The van der Waals surface area contributed by atoms with Gasteiger partial charge in [0.1, 0.15) is 30.2 Å². The van der Waals surface area contributed by atoms with Crippen molar-refractivity contribution in [2.45, 2.75) is 89.1 Å². The van der Waals surface area contributed by atoms with Crippen LogP contribution in [0.15, 0.2) is 30.3 Å². The number of hydrogen-bond donors (Lipinski definition) is 11. The maximum Gasteiger partial charge on any atom is 0.326 e. The van der Waals surface area contributed by atoms with Crippen molar-refractivity contribution in [3.63, 3.8) is 0 Å². The van der Waals surface area contributed by atoms with Crippen molar-refractivity contribution in [3.8, 4) is 0 Å². The van der Waals surface area contributed by atoms with E-state index in [2.05, 4.69) is 31.9 Å². The summed E-state index contributed by atoms with van der Waals surface area (Å²) in [4.78, 5) is 112. The fraction of sp³-hybridized carbons (Fsp3) is 0.531. The average Bonchev–Trinajstić information content (AvgIpc) is 3.06. The molecular weight excluding hydrogens is 686 g/mol. The van der Waals surface area contributed by atoms with Crippen LogP contribution in [-0.2, 0) is 49.6 Å². The minimum atomic E-state index is -1.79. The summed E-state index contributed by atoms with van der Waals surface area (Å²) < 4.78 is 0. The number of carboxylic acid groups (broad SMARTS) is 1. The molecule has 14 N–H and O–H groups in total. The SMILES string of the molecule is CC(C)C[C@H](N)C(=O)NCC(=O)N[C@@H](C)C(=O)N[C@@H](CCC(N)=O)C(=O)N[C@@H](CO)C(=O)N[C@@H](CC(N)=O)C(=O)N[C@@H](Cc1ccccc1)C(=O)O. The molecule has 0 spiro atoms. The average molecular weight is 736 g/mol. The molecular formula is C32H49N9O11. The molecule has 0 heterocycles. The van der Waals surface area contributed by atoms with Crippen molar-refractivity contribution in [1.82, 2.24) is 31.9 Å². The van der Waals surface area contributed by atoms with Gasteiger partial charge in [0.15, 0.2) is 0 Å². The summed E-state index contributed by atoms with van der Waals surface area (Å²) in [6, 6.07) is -0.335. The van der Waals surface area contributed by atoms with E-state index in [0.717, 1.165) is 0 Å². The molecule has 1 aromatic rings. The fourth-order valence-electron chi connectivity index (χ4n) is 4.59. The maximum absolute atomic E-state index is 13.2. The smallest absolute Gasteiger partial charge is 0.326 e. The van der Waals surface area contributed by atoms with E-state index in [0.29, 0.717) is 12.0 Å². The van der Waals surface area contributed by atoms with E-state index < -0.39 is 115 Å². The molecule has 0 unspecified atom stereocenters. The molecule has 52 heavy (non-hydrogen) atoms. The maximum atomic E-state index is 13.2. The Morgan fingerprint density at radius 3 is 1.77 bits per heavy atom. The standard InChI is InChI=1S/C32H49N9O11/c1-16(2)11-19(33)28(47)36-14-26(45)37-17(3)27(46)38-20(9-10-24(34)43)29(48)41-23(15-42)31(50)39-21(13-25(35)44)30(49)40-22(32(51)52)12-18-7-5-4-6-8-18/h4-8,16-17,19-23,42H,9-15,33H2,1-3H3,(H2,34,43)(H2,35,44)(H,36,47)(H,37,45)(H,38,46)(H,39,50)(H,40,49)(H,41,48)(H,51,52)/t17-,19-,20-,21-,22-,23-/m0/s1. The van der Waals surface area contributed by atoms with E-state index in [1.165, 1.54) is 6.92 Å². The molecule has 0 bridgehead atoms. The number of primary amides is 2. The van der Waals surface area contributed by atoms with E-state index in [1.807, 2.05) is 13.8 Å². The number of hydrogen-bond acceptors (Lipinski definition) is 11. The van der Waals surface area contributed by atoms with Gasteiger partial charge in [-0.2, -0.15) is 0 Å². The molecule has 0 aromatic heterocycles. The van der Waals surface area contributed by atoms with Crippen LogP contribution in [0, 0.1) is 5.92 Å². The highest BCUT2D eigenvalue weighted by Crippen LogP contribution is 2.06. The number of carbonyl (C=O) groups is 9. The number of carboxylic acids is 1. The minimum Gasteiger partial charge on any atom is -0.480 e. The molecule has 1 aromatic carbocycles. The molecule has 0 aliphatic rings. The molecule has 288 valence electrons. The van der Waals surface area contributed by atoms with E-state index >= 15 is 0 Å². The minimum absolute atomic E-state index is 0.134. The lowest BCUT2D eigenvalue weighted by Crippen LogP contribution is -2.60. The van der Waals surface area contributed by atoms with Crippen molar-refractivity contribution >= 4 is 53.2 Å². The van der Waals surface area contributed by atoms with Gasteiger partial charge in [0.05, 0.1) is 25.6 Å². The second-order valence-electron chi connectivity index (χ2n) is 12.4. The third kappa shape index (κ3) is 16.9. The normalized spacial score (nSPS) is 14.3. The Morgan fingerprint density at radius 1 is 0.692 bits per heavy atom. The number of nitrogens with two attached hydrogens (primary N) is 3. The lowest BCUT2D eigenvalue weighted by molar-refractivity contribution is -0.142. The second kappa shape index (κ2) is 22.2. The summed E-state index contributed by atoms with van der Waals surface area (Å²) in [5.41, 5.74) is 16.8. The zero-order valence-corrected chi connectivity index (χ0v) is 29.2. The highest BCUT2D eigenvalue weighted by molar-refractivity contribution is 5.97. The molecule has 0 saturated carbocycles. The zero-order chi connectivity index (χ0) is 39.5. The van der Waals surface area contributed by atoms with Crippen molar-refractivity contribution in [3.05, 3.63) is 35.9 Å². The zero-order valence-electron chi connectivity index (χ0n) is 29.2. The molecule has 0 aliphatic heterocycles. The van der Waals surface area contributed by atoms with Gasteiger partial charge in [-0.3, -0.25) is 38.4 Å². The summed E-state index contributed by atoms with van der Waals surface area (Å²) >= 11 is 0. The number of nitrogens with one attached hydrogen (secondary N) is 6. The Labute approximate surface area is 299 Å². The Kier molecular flexibility index (Phi) is 19.0. The van der Waals surface area contributed by atoms with E-state index in [-0.39, 0.29) is 18.8 Å². The quantitative estimate of drug-likeness (QED) is 0.0506. The number of rotatable bonds is 23. The van der Waals surface area contributed by atoms with Gasteiger partial charge in [-0.05, 0) is 31.2 Å². The summed E-state index contributed by atoms with van der Waals surface area (Å²) in [6.45, 7) is 3.45. The van der Waals surface area contributed by atoms with Gasteiger partial charge in [0.25, 0.3) is 0 Å². The van der Waals surface area contributed by atoms with Crippen LogP contribution in [0.1, 0.15) is 52.0 Å². The molecule has 1 rings (SSSR count). The molecule has 0 saturated heterocycles. The van der Waals surface area contributed by atoms with Crippen LogP contribution in [-0.4, -0.2) is 113 Å². The second-order valence-corrected chi connectivity index (χ2v) is 12.4. The van der Waals surface area contributed by atoms with Gasteiger partial charge in [-0.25, -0.2) is 4.79 Å². The van der Waals surface area contributed by atoms with Gasteiger partial charge in [0.2, 0.25) is 47.3 Å². The van der Waals surface area contributed by atoms with Gasteiger partial charge >= 0.3 is 5.97 Å². The first-order valence-corrected chi connectivity index (χ1v) is 16.3. The Morgan fingerprint density at radius 2 is 1.23 bits per heavy atom. The van der Waals surface area contributed by atoms with E-state index in [4.69, 9.17) is 17.2 Å². The number of aliphatic hydroxyl groups is 1. The predicted octanol–water partition coefficient (Wildman–Crippen LogP) is -4.62. The third-order valence-corrected chi connectivity index (χ3v) is 7.32. The summed E-state index contributed by atoms with van der Waals surface area (Å²) in [6.07, 6.45) is -1.32. The molecule has 0 aliphatic carbocycles. The van der Waals surface area contributed by atoms with Crippen molar-refractivity contribution in [2.24, 2.45) is 23.1 Å². The van der Waals surface area contributed by atoms with Gasteiger partial charge < -0.3 is 59.3 Å². The van der Waals surface area contributed by atoms with Crippen molar-refractivity contribution < 1.29 is 53.4 Å². The van der Waals surface area contributed by atoms with E-state index in [9.17, 15) is 53.4 Å². The molecule has 8 amide bonds. The monoisotopic (exact) mass is 735 g/mol. The molecule has 6 atom stereocenters. The van der Waals surface area contributed by atoms with Crippen LogP contribution in [0.4, 0.5) is 0 Å². The van der Waals surface area contributed by atoms with Gasteiger partial charge in [0, 0.05) is 12.8 Å². The Hall–Kier alpha value is -5.63. The van der Waals surface area contributed by atoms with Crippen LogP contribution < -0.4 is 49.1 Å². The summed E-state index contributed by atoms with van der Waals surface area (Å²) in [5.74, 6) is -8.78. The molecule has 0 radical (unpaired) electrons. The number of aliphatic hydroxyl groups excluding tert-OH is 1. The van der Waals surface area contributed by atoms with Crippen LogP contribution in [0.2, 0.25) is 0 Å². The first kappa shape index (κ1) is 44.4. The molecule has 20 heteroatoms. The van der Waals surface area contributed by atoms with Crippen LogP contribution in [0.3, 0.4) is 0 Å². The molecule has 0 fully saturated rings. The van der Waals surface area contributed by atoms with Gasteiger partial charge in [-0.1, -0.05) is 44.2 Å². The van der Waals surface area contributed by atoms with Gasteiger partial charge in [-0.15, -0.1) is 0 Å². The number of benzene rings is 1. The Balaban J connectivity index is 2.97. The third-order valence-electron chi connectivity index (χ3n) is 7.32. The van der Waals surface area contributed by atoms with Crippen molar-refractivity contribution in [1.29, 1.82) is 0 Å². The van der Waals surface area contributed by atoms with Crippen LogP contribution in [0.25, 0.3) is 0 Å². The Bertz CT molecular complexity index is 1440. The number of amides is 8. The number of aliphatic carboxylic acids is 1.